The van der Waals surface area contributed by atoms with E-state index in [2.05, 4.69) is 12.1 Å². The lowest BCUT2D eigenvalue weighted by atomic mass is 9.95. The fraction of sp³-hybridized carbons (Fsp3) is 0.520. The summed E-state index contributed by atoms with van der Waals surface area (Å²) in [6, 6.07) is 9.29. The SMILES string of the molecule is C[C@@H](CCCc1ccccc1)[C@H](O)/C=C/C1CC(F)(F)C(=O)N1C/C=C\CCCC(=O)O. The van der Waals surface area contributed by atoms with Crippen LogP contribution in [-0.2, 0) is 16.0 Å². The van der Waals surface area contributed by atoms with E-state index < -0.39 is 36.4 Å². The number of amides is 1. The first-order chi connectivity index (χ1) is 15.2. The van der Waals surface area contributed by atoms with E-state index in [0.29, 0.717) is 12.8 Å². The van der Waals surface area contributed by atoms with Crippen LogP contribution in [0.1, 0.15) is 51.0 Å². The highest BCUT2D eigenvalue weighted by Gasteiger charge is 2.52. The molecule has 1 unspecified atom stereocenters. The van der Waals surface area contributed by atoms with Crippen molar-refractivity contribution in [2.75, 3.05) is 6.54 Å². The molecule has 1 fully saturated rings. The van der Waals surface area contributed by atoms with Gasteiger partial charge in [-0.15, -0.1) is 0 Å². The first-order valence-corrected chi connectivity index (χ1v) is 11.2. The molecule has 1 saturated heterocycles. The molecule has 1 aliphatic rings. The van der Waals surface area contributed by atoms with Gasteiger partial charge in [0.15, 0.2) is 0 Å². The minimum atomic E-state index is -3.42. The van der Waals surface area contributed by atoms with Gasteiger partial charge in [-0.25, -0.2) is 0 Å². The Morgan fingerprint density at radius 2 is 1.97 bits per heavy atom. The van der Waals surface area contributed by atoms with Gasteiger partial charge in [0.1, 0.15) is 0 Å². The molecule has 5 nitrogen and oxygen atoms in total. The van der Waals surface area contributed by atoms with Crippen LogP contribution < -0.4 is 0 Å². The molecule has 2 rings (SSSR count). The molecule has 176 valence electrons. The summed E-state index contributed by atoms with van der Waals surface area (Å²) in [7, 11) is 0. The predicted molar refractivity (Wildman–Crippen MR) is 119 cm³/mol. The van der Waals surface area contributed by atoms with Crippen molar-refractivity contribution in [2.24, 2.45) is 5.92 Å². The number of halogens is 2. The number of carboxylic acids is 1. The molecule has 0 radical (unpaired) electrons. The number of hydrogen-bond donors (Lipinski definition) is 2. The third kappa shape index (κ3) is 8.19. The Kier molecular flexibility index (Phi) is 10.0. The summed E-state index contributed by atoms with van der Waals surface area (Å²) < 4.78 is 28.0. The summed E-state index contributed by atoms with van der Waals surface area (Å²) in [5.41, 5.74) is 1.24. The molecule has 1 aromatic rings. The summed E-state index contributed by atoms with van der Waals surface area (Å²) in [5, 5.41) is 19.1. The summed E-state index contributed by atoms with van der Waals surface area (Å²) >= 11 is 0. The van der Waals surface area contributed by atoms with Gasteiger partial charge in [0.2, 0.25) is 0 Å². The molecule has 1 aliphatic heterocycles. The Morgan fingerprint density at radius 3 is 2.66 bits per heavy atom. The second-order valence-electron chi connectivity index (χ2n) is 8.42. The topological polar surface area (TPSA) is 77.8 Å². The number of nitrogens with zero attached hydrogens (tertiary/aromatic N) is 1. The minimum absolute atomic E-state index is 0.0270. The quantitative estimate of drug-likeness (QED) is 0.341. The number of rotatable bonds is 13. The Balaban J connectivity index is 1.85. The lowest BCUT2D eigenvalue weighted by Gasteiger charge is -2.21. The summed E-state index contributed by atoms with van der Waals surface area (Å²) in [5.74, 6) is -5.55. The second kappa shape index (κ2) is 12.5. The van der Waals surface area contributed by atoms with E-state index in [0.717, 1.165) is 24.2 Å². The molecule has 7 heteroatoms. The Morgan fingerprint density at radius 1 is 1.25 bits per heavy atom. The molecule has 32 heavy (non-hydrogen) atoms. The van der Waals surface area contributed by atoms with Crippen molar-refractivity contribution in [3.05, 3.63) is 60.2 Å². The van der Waals surface area contributed by atoms with Gasteiger partial charge < -0.3 is 15.1 Å². The molecule has 0 aliphatic carbocycles. The van der Waals surface area contributed by atoms with Gasteiger partial charge in [-0.05, 0) is 43.6 Å². The number of aliphatic hydroxyl groups excluding tert-OH is 1. The van der Waals surface area contributed by atoms with E-state index in [4.69, 9.17) is 5.11 Å². The van der Waals surface area contributed by atoms with Crippen LogP contribution in [-0.4, -0.2) is 51.6 Å². The molecule has 0 spiro atoms. The smallest absolute Gasteiger partial charge is 0.327 e. The van der Waals surface area contributed by atoms with Crippen LogP contribution in [0, 0.1) is 5.92 Å². The number of aliphatic hydroxyl groups is 1. The maximum atomic E-state index is 14.0. The van der Waals surface area contributed by atoms with Crippen molar-refractivity contribution in [2.45, 2.75) is 69.9 Å². The average molecular weight is 450 g/mol. The first-order valence-electron chi connectivity index (χ1n) is 11.2. The van der Waals surface area contributed by atoms with Crippen molar-refractivity contribution in [3.63, 3.8) is 0 Å². The van der Waals surface area contributed by atoms with E-state index >= 15 is 0 Å². The molecule has 0 saturated carbocycles. The van der Waals surface area contributed by atoms with Gasteiger partial charge in [0, 0.05) is 19.4 Å². The fourth-order valence-electron chi connectivity index (χ4n) is 3.76. The van der Waals surface area contributed by atoms with Crippen LogP contribution in [0.3, 0.4) is 0 Å². The van der Waals surface area contributed by atoms with E-state index in [1.807, 2.05) is 25.1 Å². The number of likely N-dealkylation sites (tertiary alicyclic amines) is 1. The van der Waals surface area contributed by atoms with E-state index in [9.17, 15) is 23.5 Å². The molecule has 3 atom stereocenters. The van der Waals surface area contributed by atoms with Crippen molar-refractivity contribution in [3.8, 4) is 0 Å². The van der Waals surface area contributed by atoms with Crippen LogP contribution in [0.25, 0.3) is 0 Å². The van der Waals surface area contributed by atoms with Crippen molar-refractivity contribution in [1.82, 2.24) is 4.90 Å². The molecule has 1 aromatic carbocycles. The number of alkyl halides is 2. The molecule has 1 heterocycles. The molecular formula is C25H33F2NO4. The van der Waals surface area contributed by atoms with Gasteiger partial charge in [-0.1, -0.05) is 61.6 Å². The van der Waals surface area contributed by atoms with Crippen molar-refractivity contribution in [1.29, 1.82) is 0 Å². The molecule has 0 bridgehead atoms. The summed E-state index contributed by atoms with van der Waals surface area (Å²) in [4.78, 5) is 23.7. The fourth-order valence-corrected chi connectivity index (χ4v) is 3.76. The third-order valence-corrected chi connectivity index (χ3v) is 5.75. The number of carbonyl (C=O) groups is 2. The van der Waals surface area contributed by atoms with Gasteiger partial charge in [0.05, 0.1) is 12.1 Å². The largest absolute Gasteiger partial charge is 0.481 e. The van der Waals surface area contributed by atoms with Gasteiger partial charge in [-0.2, -0.15) is 8.78 Å². The summed E-state index contributed by atoms with van der Waals surface area (Å²) in [6.07, 6.45) is 8.59. The maximum absolute atomic E-state index is 14.0. The van der Waals surface area contributed by atoms with Crippen molar-refractivity contribution < 1.29 is 28.6 Å². The first kappa shape index (κ1) is 25.7. The number of unbranched alkanes of at least 4 members (excludes halogenated alkanes) is 1. The van der Waals surface area contributed by atoms with Crippen LogP contribution in [0.2, 0.25) is 0 Å². The molecule has 2 N–H and O–H groups in total. The minimum Gasteiger partial charge on any atom is -0.481 e. The summed E-state index contributed by atoms with van der Waals surface area (Å²) in [6.45, 7) is 1.95. The number of benzene rings is 1. The highest BCUT2D eigenvalue weighted by Crippen LogP contribution is 2.34. The Bertz CT molecular complexity index is 794. The lowest BCUT2D eigenvalue weighted by molar-refractivity contribution is -0.147. The lowest BCUT2D eigenvalue weighted by Crippen LogP contribution is -2.36. The highest BCUT2D eigenvalue weighted by molar-refractivity contribution is 5.86. The third-order valence-electron chi connectivity index (χ3n) is 5.75. The zero-order valence-corrected chi connectivity index (χ0v) is 18.5. The highest BCUT2D eigenvalue weighted by atomic mass is 19.3. The molecule has 0 aromatic heterocycles. The normalized spacial score (nSPS) is 20.3. The van der Waals surface area contributed by atoms with Crippen LogP contribution >= 0.6 is 0 Å². The maximum Gasteiger partial charge on any atom is 0.327 e. The Hall–Kier alpha value is -2.54. The molecule has 1 amide bonds. The van der Waals surface area contributed by atoms with Gasteiger partial charge >= 0.3 is 11.9 Å². The van der Waals surface area contributed by atoms with Crippen LogP contribution in [0.15, 0.2) is 54.6 Å². The number of hydrogen-bond acceptors (Lipinski definition) is 3. The zero-order valence-electron chi connectivity index (χ0n) is 18.5. The number of carbonyl (C=O) groups excluding carboxylic acids is 1. The monoisotopic (exact) mass is 449 g/mol. The van der Waals surface area contributed by atoms with Gasteiger partial charge in [0.25, 0.3) is 5.91 Å². The second-order valence-corrected chi connectivity index (χ2v) is 8.42. The van der Waals surface area contributed by atoms with Crippen molar-refractivity contribution >= 4 is 11.9 Å². The van der Waals surface area contributed by atoms with Crippen LogP contribution in [0.5, 0.6) is 0 Å². The zero-order chi connectivity index (χ0) is 23.6. The average Bonchev–Trinajstić information content (AvgIpc) is 2.97. The molecular weight excluding hydrogens is 416 g/mol. The Labute approximate surface area is 188 Å². The van der Waals surface area contributed by atoms with E-state index in [-0.39, 0.29) is 18.9 Å². The predicted octanol–water partition coefficient (Wildman–Crippen LogP) is 4.61. The standard InChI is InChI=1S/C25H33F2NO4/c1-19(10-9-13-20-11-5-4-6-12-20)22(29)16-15-21-18-25(26,27)24(32)28(21)17-8-3-2-7-14-23(30)31/h3-6,8,11-12,15-16,19,21-22,29H,2,7,9-10,13-14,17-18H2,1H3,(H,30,31)/b8-3-,16-15+/t19-,21?,22+/m0/s1. The number of carboxylic acid groups (broad SMARTS) is 1. The number of aryl methyl sites for hydroxylation is 1. The number of allylic oxidation sites excluding steroid dienone is 1. The number of aliphatic carboxylic acids is 1. The van der Waals surface area contributed by atoms with E-state index in [1.165, 1.54) is 17.7 Å². The van der Waals surface area contributed by atoms with Crippen LogP contribution in [0.4, 0.5) is 8.78 Å². The van der Waals surface area contributed by atoms with E-state index in [1.54, 1.807) is 12.2 Å². The van der Waals surface area contributed by atoms with Gasteiger partial charge in [-0.3, -0.25) is 9.59 Å².